The van der Waals surface area contributed by atoms with Crippen molar-refractivity contribution in [2.24, 2.45) is 16.5 Å². The lowest BCUT2D eigenvalue weighted by Gasteiger charge is -2.46. The number of guanidine groups is 2. The number of hydrogen-bond donors (Lipinski definition) is 9. The molecule has 2 amide bonds. The molecule has 222 valence electrons. The van der Waals surface area contributed by atoms with Gasteiger partial charge < -0.3 is 36.4 Å². The van der Waals surface area contributed by atoms with Gasteiger partial charge in [-0.15, -0.1) is 0 Å². The Bertz CT molecular complexity index is 1510. The molecule has 1 fully saturated rings. The molecule has 4 atom stereocenters. The van der Waals surface area contributed by atoms with E-state index in [2.05, 4.69) is 39.8 Å². The Morgan fingerprint density at radius 1 is 1.17 bits per heavy atom. The van der Waals surface area contributed by atoms with Gasteiger partial charge in [-0.3, -0.25) is 25.2 Å². The first-order chi connectivity index (χ1) is 19.8. The minimum absolute atomic E-state index is 0.0227. The number of aromatic hydroxyl groups is 1. The summed E-state index contributed by atoms with van der Waals surface area (Å²) in [6.45, 7) is 4.50. The molecular formula is C28H35N8O6+. The van der Waals surface area contributed by atoms with Gasteiger partial charge >= 0.3 is 5.96 Å². The van der Waals surface area contributed by atoms with Crippen molar-refractivity contribution in [1.29, 1.82) is 0 Å². The fourth-order valence-electron chi connectivity index (χ4n) is 6.43. The highest BCUT2D eigenvalue weighted by atomic mass is 16.5. The molecule has 0 saturated carbocycles. The minimum Gasteiger partial charge on any atom is -0.508 e. The van der Waals surface area contributed by atoms with Crippen molar-refractivity contribution in [3.05, 3.63) is 59.2 Å². The van der Waals surface area contributed by atoms with E-state index in [1.54, 1.807) is 12.1 Å². The molecule has 42 heavy (non-hydrogen) atoms. The van der Waals surface area contributed by atoms with Crippen LogP contribution in [0.5, 0.6) is 11.5 Å². The maximum absolute atomic E-state index is 13.6. The van der Waals surface area contributed by atoms with Crippen molar-refractivity contribution in [1.82, 2.24) is 20.9 Å². The largest absolute Gasteiger partial charge is 0.508 e. The first-order valence-electron chi connectivity index (χ1n) is 13.7. The Morgan fingerprint density at radius 3 is 2.64 bits per heavy atom. The topological polar surface area (TPSA) is 222 Å². The van der Waals surface area contributed by atoms with Crippen LogP contribution < -0.4 is 37.1 Å². The number of para-hydroxylation sites is 1. The van der Waals surface area contributed by atoms with Gasteiger partial charge in [-0.05, 0) is 42.2 Å². The molecule has 2 unspecified atom stereocenters. The molecule has 0 aliphatic carbocycles. The molecule has 1 spiro atoms. The van der Waals surface area contributed by atoms with Crippen LogP contribution in [0.1, 0.15) is 46.5 Å². The zero-order valence-corrected chi connectivity index (χ0v) is 23.2. The van der Waals surface area contributed by atoms with Crippen LogP contribution in [-0.4, -0.2) is 93.2 Å². The van der Waals surface area contributed by atoms with Crippen molar-refractivity contribution in [3.8, 4) is 11.5 Å². The van der Waals surface area contributed by atoms with E-state index in [-0.39, 0.29) is 41.7 Å². The molecule has 0 radical (unpaired) electrons. The second kappa shape index (κ2) is 9.49. The lowest BCUT2D eigenvalue weighted by atomic mass is 9.79. The number of nitrogens with one attached hydrogen (secondary N) is 4. The Hall–Kier alpha value is -4.56. The third kappa shape index (κ3) is 4.09. The van der Waals surface area contributed by atoms with E-state index < -0.39 is 41.4 Å². The molecule has 2 aromatic carbocycles. The normalized spacial score (nSPS) is 28.2. The lowest BCUT2D eigenvalue weighted by Crippen LogP contribution is -2.90. The number of aliphatic hydroxyl groups is 2. The molecule has 1 saturated heterocycles. The second-order valence-corrected chi connectivity index (χ2v) is 11.8. The van der Waals surface area contributed by atoms with E-state index in [4.69, 9.17) is 16.2 Å². The predicted octanol–water partition coefficient (Wildman–Crippen LogP) is -3.26. The van der Waals surface area contributed by atoms with Gasteiger partial charge in [-0.1, -0.05) is 26.0 Å². The number of phenolic OH excluding ortho intramolecular Hbond substituents is 1. The standard InChI is InChI=1S/C28H34N8O6/c1-26(2)10-11-42-20-16(4-3-5-17(20)26)23(39)33-19-13-36-25(30)32-18(12-31-22(38)14-6-8-15(37)9-7-14)21-27(36,28(19,40)41)35-24(29)34-21/h3-9,18-19,21,37,40-41H,10-13H2,1-2H3,(H2,30,32)(H,31,38)(H,33,39)(H3,29,34,35)/p+1/t18-,19?,21-,27?/m0/s1. The first-order valence-corrected chi connectivity index (χ1v) is 13.7. The Kier molecular flexibility index (Phi) is 6.24. The molecule has 4 aliphatic rings. The van der Waals surface area contributed by atoms with Gasteiger partial charge in [0, 0.05) is 17.7 Å². The summed E-state index contributed by atoms with van der Waals surface area (Å²) in [5.41, 5.74) is 12.1. The van der Waals surface area contributed by atoms with Crippen molar-refractivity contribution >= 4 is 23.7 Å². The average Bonchev–Trinajstić information content (AvgIpc) is 3.41. The molecule has 14 heteroatoms. The number of amides is 2. The highest BCUT2D eigenvalue weighted by Gasteiger charge is 2.76. The van der Waals surface area contributed by atoms with E-state index in [9.17, 15) is 24.9 Å². The van der Waals surface area contributed by atoms with Gasteiger partial charge in [0.25, 0.3) is 17.5 Å². The fraction of sp³-hybridized carbons (Fsp3) is 0.429. The van der Waals surface area contributed by atoms with Crippen LogP contribution in [-0.2, 0) is 5.41 Å². The number of nitrogens with zero attached hydrogens (tertiary/aromatic N) is 2. The number of phenols is 1. The van der Waals surface area contributed by atoms with Gasteiger partial charge in [-0.25, -0.2) is 10.3 Å². The van der Waals surface area contributed by atoms with Gasteiger partial charge in [0.1, 0.15) is 23.6 Å². The van der Waals surface area contributed by atoms with Crippen LogP contribution in [0.25, 0.3) is 0 Å². The number of nitrogens with two attached hydrogens (primary N) is 2. The molecule has 14 nitrogen and oxygen atoms in total. The number of hydrogen-bond acceptors (Lipinski definition) is 11. The molecule has 4 heterocycles. The van der Waals surface area contributed by atoms with Crippen molar-refractivity contribution < 1.29 is 34.6 Å². The highest BCUT2D eigenvalue weighted by molar-refractivity contribution is 5.98. The maximum Gasteiger partial charge on any atom is 0.343 e. The molecule has 0 bridgehead atoms. The second-order valence-electron chi connectivity index (χ2n) is 11.8. The van der Waals surface area contributed by atoms with E-state index in [0.29, 0.717) is 17.9 Å². The van der Waals surface area contributed by atoms with Gasteiger partial charge in [0.05, 0.1) is 18.7 Å². The molecule has 4 aliphatic heterocycles. The van der Waals surface area contributed by atoms with Crippen LogP contribution in [0.2, 0.25) is 0 Å². The quantitative estimate of drug-likeness (QED) is 0.161. The van der Waals surface area contributed by atoms with Crippen molar-refractivity contribution in [2.75, 3.05) is 19.7 Å². The van der Waals surface area contributed by atoms with E-state index in [1.807, 2.05) is 6.07 Å². The SMILES string of the molecule is CC1(C)CCOc2c(C(=O)NC3CN4C(N)=N[C@@H](CNC(=O)c5ccc(O)cc5)[C@@H]5[NH+]=C(N)NC54C3(O)O)cccc21. The molecule has 11 N–H and O–H groups in total. The summed E-state index contributed by atoms with van der Waals surface area (Å²) >= 11 is 0. The lowest BCUT2D eigenvalue weighted by molar-refractivity contribution is -0.521. The van der Waals surface area contributed by atoms with Crippen molar-refractivity contribution in [2.45, 2.75) is 55.3 Å². The highest BCUT2D eigenvalue weighted by Crippen LogP contribution is 2.43. The predicted molar refractivity (Wildman–Crippen MR) is 150 cm³/mol. The third-order valence-electron chi connectivity index (χ3n) is 8.75. The number of carbonyl (C=O) groups excluding carboxylic acids is 2. The molecule has 6 rings (SSSR count). The molecule has 0 aromatic heterocycles. The van der Waals surface area contributed by atoms with E-state index in [0.717, 1.165) is 12.0 Å². The smallest absolute Gasteiger partial charge is 0.343 e. The van der Waals surface area contributed by atoms with Gasteiger partial charge in [0.15, 0.2) is 12.0 Å². The van der Waals surface area contributed by atoms with E-state index >= 15 is 0 Å². The Balaban J connectivity index is 1.26. The Labute approximate surface area is 241 Å². The van der Waals surface area contributed by atoms with Crippen LogP contribution in [0.4, 0.5) is 0 Å². The molecular weight excluding hydrogens is 544 g/mol. The summed E-state index contributed by atoms with van der Waals surface area (Å²) in [4.78, 5) is 35.3. The summed E-state index contributed by atoms with van der Waals surface area (Å²) in [7, 11) is 0. The van der Waals surface area contributed by atoms with Crippen LogP contribution >= 0.6 is 0 Å². The van der Waals surface area contributed by atoms with Crippen LogP contribution in [0.15, 0.2) is 47.5 Å². The van der Waals surface area contributed by atoms with Crippen LogP contribution in [0, 0.1) is 0 Å². The first kappa shape index (κ1) is 27.6. The van der Waals surface area contributed by atoms with Gasteiger partial charge in [-0.2, -0.15) is 0 Å². The number of rotatable bonds is 5. The number of benzene rings is 2. The maximum atomic E-state index is 13.6. The number of aliphatic imine (C=N–C) groups is 1. The summed E-state index contributed by atoms with van der Waals surface area (Å²) in [6.07, 6.45) is 0.800. The van der Waals surface area contributed by atoms with Crippen molar-refractivity contribution in [3.63, 3.8) is 0 Å². The fourth-order valence-corrected chi connectivity index (χ4v) is 6.43. The Morgan fingerprint density at radius 2 is 1.90 bits per heavy atom. The summed E-state index contributed by atoms with van der Waals surface area (Å²) in [5.74, 6) is -3.03. The number of fused-ring (bicyclic) bond motifs is 1. The third-order valence-corrected chi connectivity index (χ3v) is 8.75. The zero-order valence-electron chi connectivity index (χ0n) is 23.2. The summed E-state index contributed by atoms with van der Waals surface area (Å²) < 4.78 is 5.90. The summed E-state index contributed by atoms with van der Waals surface area (Å²) in [6, 6.07) is 8.22. The van der Waals surface area contributed by atoms with Crippen LogP contribution in [0.3, 0.4) is 0 Å². The number of carbonyl (C=O) groups is 2. The summed E-state index contributed by atoms with van der Waals surface area (Å²) in [5, 5.41) is 41.5. The minimum atomic E-state index is -2.60. The monoisotopic (exact) mass is 579 g/mol. The van der Waals surface area contributed by atoms with E-state index in [1.165, 1.54) is 29.2 Å². The zero-order chi connectivity index (χ0) is 30.0. The van der Waals surface area contributed by atoms with Gasteiger partial charge in [0.2, 0.25) is 5.79 Å². The number of ether oxygens (including phenoxy) is 1. The average molecular weight is 580 g/mol. The molecule has 2 aromatic rings.